The van der Waals surface area contributed by atoms with Gasteiger partial charge < -0.3 is 15.0 Å². The van der Waals surface area contributed by atoms with E-state index in [4.69, 9.17) is 4.74 Å². The lowest BCUT2D eigenvalue weighted by molar-refractivity contribution is 0.0958. The van der Waals surface area contributed by atoms with Crippen LogP contribution >= 0.6 is 0 Å². The van der Waals surface area contributed by atoms with E-state index in [9.17, 15) is 9.18 Å². The number of amides is 1. The van der Waals surface area contributed by atoms with E-state index in [0.717, 1.165) is 0 Å². The van der Waals surface area contributed by atoms with Gasteiger partial charge in [-0.3, -0.25) is 14.9 Å². The Morgan fingerprint density at radius 1 is 1.10 bits per heavy atom. The average molecular weight is 402 g/mol. The van der Waals surface area contributed by atoms with Crippen LogP contribution in [-0.2, 0) is 0 Å². The molecule has 0 unspecified atom stereocenters. The molecule has 0 radical (unpaired) electrons. The van der Waals surface area contributed by atoms with E-state index >= 15 is 0 Å². The molecule has 148 valence electrons. The molecule has 0 saturated heterocycles. The zero-order valence-electron chi connectivity index (χ0n) is 15.7. The van der Waals surface area contributed by atoms with Crippen LogP contribution in [0.4, 0.5) is 4.39 Å². The summed E-state index contributed by atoms with van der Waals surface area (Å²) in [7, 11) is 1.54. The molecule has 2 aromatic carbocycles. The van der Waals surface area contributed by atoms with Gasteiger partial charge in [0.05, 0.1) is 21.9 Å². The maximum absolute atomic E-state index is 14.3. The summed E-state index contributed by atoms with van der Waals surface area (Å²) in [5.41, 5.74) is 2.65. The van der Waals surface area contributed by atoms with Gasteiger partial charge in [0.2, 0.25) is 0 Å². The van der Waals surface area contributed by atoms with Crippen LogP contribution < -0.4 is 10.1 Å². The number of fused-ring (bicyclic) bond motifs is 2. The highest BCUT2D eigenvalue weighted by molar-refractivity contribution is 5.94. The van der Waals surface area contributed by atoms with Crippen LogP contribution in [0.25, 0.3) is 33.5 Å². The third kappa shape index (κ3) is 3.02. The minimum absolute atomic E-state index is 0.257. The van der Waals surface area contributed by atoms with E-state index in [1.165, 1.54) is 19.3 Å². The minimum atomic E-state index is -0.370. The standard InChI is InChI=1S/C21H15FN6O2/c1-23-21(29)17-10-12(7-8-24-17)30-11-5-6-14-16(9-11)26-20(25-14)19-18-13(22)3-2-4-15(18)27-28-19/h2-10H,1H3,(H,23,29)(H,25,26)(H,27,28). The molecule has 0 aliphatic rings. The van der Waals surface area contributed by atoms with Crippen molar-refractivity contribution in [2.75, 3.05) is 7.05 Å². The molecule has 5 aromatic rings. The van der Waals surface area contributed by atoms with Gasteiger partial charge in [0.15, 0.2) is 5.82 Å². The second kappa shape index (κ2) is 6.96. The smallest absolute Gasteiger partial charge is 0.269 e. The van der Waals surface area contributed by atoms with Crippen LogP contribution in [0.15, 0.2) is 54.7 Å². The van der Waals surface area contributed by atoms with Gasteiger partial charge in [0.1, 0.15) is 28.7 Å². The molecule has 1 amide bonds. The molecule has 30 heavy (non-hydrogen) atoms. The maximum Gasteiger partial charge on any atom is 0.269 e. The predicted octanol–water partition coefficient (Wildman–Crippen LogP) is 3.79. The Labute approximate surface area is 169 Å². The lowest BCUT2D eigenvalue weighted by Gasteiger charge is -2.06. The first-order valence-electron chi connectivity index (χ1n) is 9.11. The Morgan fingerprint density at radius 2 is 1.97 bits per heavy atom. The van der Waals surface area contributed by atoms with Gasteiger partial charge in [0, 0.05) is 25.4 Å². The van der Waals surface area contributed by atoms with Crippen molar-refractivity contribution in [3.63, 3.8) is 0 Å². The van der Waals surface area contributed by atoms with Gasteiger partial charge in [0.25, 0.3) is 5.91 Å². The van der Waals surface area contributed by atoms with Crippen molar-refractivity contribution in [3.05, 3.63) is 66.2 Å². The molecule has 3 heterocycles. The second-order valence-electron chi connectivity index (χ2n) is 6.56. The molecule has 0 fully saturated rings. The van der Waals surface area contributed by atoms with Crippen molar-refractivity contribution < 1.29 is 13.9 Å². The lowest BCUT2D eigenvalue weighted by atomic mass is 10.2. The van der Waals surface area contributed by atoms with E-state index in [1.54, 1.807) is 42.5 Å². The number of ether oxygens (including phenoxy) is 1. The van der Waals surface area contributed by atoms with Crippen LogP contribution in [0.5, 0.6) is 11.5 Å². The van der Waals surface area contributed by atoms with E-state index in [0.29, 0.717) is 45.0 Å². The monoisotopic (exact) mass is 402 g/mol. The number of imidazole rings is 1. The molecule has 8 nitrogen and oxygen atoms in total. The number of aromatic amines is 2. The first kappa shape index (κ1) is 17.8. The van der Waals surface area contributed by atoms with Gasteiger partial charge >= 0.3 is 0 Å². The number of nitrogens with one attached hydrogen (secondary N) is 3. The van der Waals surface area contributed by atoms with Crippen LogP contribution in [0, 0.1) is 5.82 Å². The van der Waals surface area contributed by atoms with Crippen molar-refractivity contribution in [3.8, 4) is 23.0 Å². The Kier molecular flexibility index (Phi) is 4.13. The summed E-state index contributed by atoms with van der Waals surface area (Å²) < 4.78 is 20.1. The third-order valence-corrected chi connectivity index (χ3v) is 4.64. The van der Waals surface area contributed by atoms with Gasteiger partial charge in [-0.05, 0) is 30.3 Å². The summed E-state index contributed by atoms with van der Waals surface area (Å²) in [5, 5.41) is 9.94. The Bertz CT molecular complexity index is 1410. The molecular weight excluding hydrogens is 387 g/mol. The van der Waals surface area contributed by atoms with Crippen LogP contribution in [-0.4, -0.2) is 38.1 Å². The molecule has 0 atom stereocenters. The zero-order valence-corrected chi connectivity index (χ0v) is 15.7. The SMILES string of the molecule is CNC(=O)c1cc(Oc2ccc3nc(-c4n[nH]c5cccc(F)c45)[nH]c3c2)ccn1. The summed E-state index contributed by atoms with van der Waals surface area (Å²) in [4.78, 5) is 23.4. The molecule has 0 aliphatic carbocycles. The Balaban J connectivity index is 1.49. The number of pyridine rings is 1. The first-order chi connectivity index (χ1) is 14.6. The quantitative estimate of drug-likeness (QED) is 0.424. The Morgan fingerprint density at radius 3 is 2.83 bits per heavy atom. The van der Waals surface area contributed by atoms with Crippen molar-refractivity contribution in [1.29, 1.82) is 0 Å². The number of rotatable bonds is 4. The fourth-order valence-electron chi connectivity index (χ4n) is 3.23. The number of carbonyl (C=O) groups is 1. The van der Waals surface area contributed by atoms with Crippen LogP contribution in [0.1, 0.15) is 10.5 Å². The molecule has 0 bridgehead atoms. The number of carbonyl (C=O) groups excluding carboxylic acids is 1. The summed E-state index contributed by atoms with van der Waals surface area (Å²) >= 11 is 0. The number of nitrogens with zero attached hydrogens (tertiary/aromatic N) is 3. The van der Waals surface area contributed by atoms with Gasteiger partial charge in [-0.15, -0.1) is 0 Å². The number of H-pyrrole nitrogens is 2. The van der Waals surface area contributed by atoms with E-state index in [1.807, 2.05) is 0 Å². The number of benzene rings is 2. The average Bonchev–Trinajstić information content (AvgIpc) is 3.37. The van der Waals surface area contributed by atoms with Crippen LogP contribution in [0.2, 0.25) is 0 Å². The third-order valence-electron chi connectivity index (χ3n) is 4.64. The summed E-state index contributed by atoms with van der Waals surface area (Å²) in [6.07, 6.45) is 1.50. The minimum Gasteiger partial charge on any atom is -0.457 e. The highest BCUT2D eigenvalue weighted by Crippen LogP contribution is 2.30. The fourth-order valence-corrected chi connectivity index (χ4v) is 3.23. The zero-order chi connectivity index (χ0) is 20.7. The number of aromatic nitrogens is 5. The summed E-state index contributed by atoms with van der Waals surface area (Å²) in [5.74, 6) is 0.801. The Hall–Kier alpha value is -4.27. The predicted molar refractivity (Wildman–Crippen MR) is 109 cm³/mol. The van der Waals surface area contributed by atoms with Crippen LogP contribution in [0.3, 0.4) is 0 Å². The fraction of sp³-hybridized carbons (Fsp3) is 0.0476. The van der Waals surface area contributed by atoms with E-state index in [-0.39, 0.29) is 17.4 Å². The van der Waals surface area contributed by atoms with E-state index in [2.05, 4.69) is 30.5 Å². The first-order valence-corrected chi connectivity index (χ1v) is 9.11. The molecule has 0 aliphatic heterocycles. The van der Waals surface area contributed by atoms with Crippen molar-refractivity contribution in [1.82, 2.24) is 30.5 Å². The van der Waals surface area contributed by atoms with Crippen molar-refractivity contribution >= 4 is 27.8 Å². The van der Waals surface area contributed by atoms with Gasteiger partial charge in [-0.1, -0.05) is 6.07 Å². The molecule has 3 N–H and O–H groups in total. The molecule has 9 heteroatoms. The second-order valence-corrected chi connectivity index (χ2v) is 6.56. The maximum atomic E-state index is 14.3. The van der Waals surface area contributed by atoms with Gasteiger partial charge in [-0.2, -0.15) is 5.10 Å². The highest BCUT2D eigenvalue weighted by atomic mass is 19.1. The molecule has 5 rings (SSSR count). The molecule has 3 aromatic heterocycles. The van der Waals surface area contributed by atoms with Crippen molar-refractivity contribution in [2.45, 2.75) is 0 Å². The van der Waals surface area contributed by atoms with Crippen molar-refractivity contribution in [2.24, 2.45) is 0 Å². The lowest BCUT2D eigenvalue weighted by Crippen LogP contribution is -2.18. The van der Waals surface area contributed by atoms with Gasteiger partial charge in [-0.25, -0.2) is 9.37 Å². The largest absolute Gasteiger partial charge is 0.457 e. The number of halogens is 1. The summed E-state index contributed by atoms with van der Waals surface area (Å²) in [6.45, 7) is 0. The number of hydrogen-bond acceptors (Lipinski definition) is 5. The molecule has 0 spiro atoms. The molecule has 0 saturated carbocycles. The van der Waals surface area contributed by atoms with E-state index < -0.39 is 0 Å². The summed E-state index contributed by atoms with van der Waals surface area (Å²) in [6, 6.07) is 13.3. The highest BCUT2D eigenvalue weighted by Gasteiger charge is 2.16. The molecular formula is C21H15FN6O2. The topological polar surface area (TPSA) is 109 Å². The number of hydrogen-bond donors (Lipinski definition) is 3. The normalized spacial score (nSPS) is 11.1.